The summed E-state index contributed by atoms with van der Waals surface area (Å²) in [7, 11) is -2.82. The molecule has 0 bridgehead atoms. The Hall–Kier alpha value is -1.97. The number of hydrogen-bond donors (Lipinski definition) is 1. The van der Waals surface area contributed by atoms with Gasteiger partial charge in [-0.25, -0.2) is 13.2 Å². The monoisotopic (exact) mass is 383 g/mol. The lowest BCUT2D eigenvalue weighted by molar-refractivity contribution is -0.142. The number of nitrogens with zero attached hydrogens (tertiary/aromatic N) is 1. The summed E-state index contributed by atoms with van der Waals surface area (Å²) < 4.78 is 33.0. The van der Waals surface area contributed by atoms with Crippen molar-refractivity contribution in [1.29, 1.82) is 0 Å². The number of carboxylic acid groups (broad SMARTS) is 1. The van der Waals surface area contributed by atoms with Gasteiger partial charge in [-0.3, -0.25) is 4.79 Å². The highest BCUT2D eigenvalue weighted by atomic mass is 32.2. The third-order valence-electron chi connectivity index (χ3n) is 4.25. The van der Waals surface area contributed by atoms with E-state index in [-0.39, 0.29) is 22.9 Å². The maximum atomic E-state index is 13.2. The lowest BCUT2D eigenvalue weighted by atomic mass is 10.0. The van der Waals surface area contributed by atoms with Crippen molar-refractivity contribution in [2.45, 2.75) is 17.7 Å². The zero-order valence-corrected chi connectivity index (χ0v) is 15.1. The Morgan fingerprint density at radius 1 is 1.32 bits per heavy atom. The lowest BCUT2D eigenvalue weighted by Gasteiger charge is -2.29. The number of carbonyl (C=O) groups excluding carboxylic acids is 1. The number of rotatable bonds is 4. The van der Waals surface area contributed by atoms with E-state index < -0.39 is 27.9 Å². The van der Waals surface area contributed by atoms with Gasteiger partial charge >= 0.3 is 11.9 Å². The molecule has 1 fully saturated rings. The Bertz CT molecular complexity index is 933. The largest absolute Gasteiger partial charge is 0.481 e. The van der Waals surface area contributed by atoms with E-state index in [4.69, 9.17) is 4.74 Å². The minimum absolute atomic E-state index is 0.0150. The highest BCUT2D eigenvalue weighted by Crippen LogP contribution is 2.37. The summed E-state index contributed by atoms with van der Waals surface area (Å²) in [5, 5.41) is 9.66. The number of carboxylic acids is 1. The summed E-state index contributed by atoms with van der Waals surface area (Å²) in [6, 6.07) is 6.84. The molecule has 2 aromatic rings. The van der Waals surface area contributed by atoms with Crippen LogP contribution in [0.3, 0.4) is 0 Å². The smallest absolute Gasteiger partial charge is 0.349 e. The molecule has 1 unspecified atom stereocenters. The van der Waals surface area contributed by atoms with Gasteiger partial charge in [0, 0.05) is 23.2 Å². The van der Waals surface area contributed by atoms with E-state index in [2.05, 4.69) is 0 Å². The zero-order chi connectivity index (χ0) is 18.2. The summed E-state index contributed by atoms with van der Waals surface area (Å²) in [5.41, 5.74) is 0. The van der Waals surface area contributed by atoms with Crippen LogP contribution in [0.4, 0.5) is 0 Å². The van der Waals surface area contributed by atoms with Crippen LogP contribution in [0.25, 0.3) is 10.1 Å². The molecule has 7 nitrogen and oxygen atoms in total. The standard InChI is InChI=1S/C16H17NO6S2/c1-23-16(20)13-14(11-6-2-3-7-12(11)24-13)25(21,22)17-8-4-5-10(9-17)15(18)19/h2-3,6-7,10H,4-5,8-9H2,1H3,(H,18,19). The first kappa shape index (κ1) is 17.8. The van der Waals surface area contributed by atoms with Crippen molar-refractivity contribution in [3.05, 3.63) is 29.1 Å². The van der Waals surface area contributed by atoms with Crippen molar-refractivity contribution >= 4 is 43.4 Å². The molecule has 0 radical (unpaired) electrons. The molecule has 0 saturated carbocycles. The van der Waals surface area contributed by atoms with Gasteiger partial charge in [0.2, 0.25) is 10.0 Å². The minimum atomic E-state index is -4.02. The molecular weight excluding hydrogens is 366 g/mol. The quantitative estimate of drug-likeness (QED) is 0.812. The average Bonchev–Trinajstić information content (AvgIpc) is 3.01. The van der Waals surface area contributed by atoms with Gasteiger partial charge in [0.1, 0.15) is 9.77 Å². The molecule has 0 amide bonds. The normalized spacial score (nSPS) is 19.0. The van der Waals surface area contributed by atoms with E-state index in [0.29, 0.717) is 22.9 Å². The molecule has 0 spiro atoms. The van der Waals surface area contributed by atoms with Crippen LogP contribution in [0.1, 0.15) is 22.5 Å². The van der Waals surface area contributed by atoms with E-state index in [9.17, 15) is 23.1 Å². The van der Waals surface area contributed by atoms with Crippen LogP contribution >= 0.6 is 11.3 Å². The number of fused-ring (bicyclic) bond motifs is 1. The third kappa shape index (κ3) is 3.14. The van der Waals surface area contributed by atoms with Crippen molar-refractivity contribution in [3.63, 3.8) is 0 Å². The number of sulfonamides is 1. The summed E-state index contributed by atoms with van der Waals surface area (Å²) in [4.78, 5) is 23.3. The first-order chi connectivity index (χ1) is 11.9. The highest BCUT2D eigenvalue weighted by molar-refractivity contribution is 7.89. The molecule has 1 N–H and O–H groups in total. The van der Waals surface area contributed by atoms with Crippen molar-refractivity contribution in [1.82, 2.24) is 4.31 Å². The van der Waals surface area contributed by atoms with E-state index in [1.165, 1.54) is 7.11 Å². The van der Waals surface area contributed by atoms with E-state index in [0.717, 1.165) is 15.6 Å². The Morgan fingerprint density at radius 3 is 2.72 bits per heavy atom. The minimum Gasteiger partial charge on any atom is -0.481 e. The van der Waals surface area contributed by atoms with Gasteiger partial charge < -0.3 is 9.84 Å². The molecule has 25 heavy (non-hydrogen) atoms. The second-order valence-corrected chi connectivity index (χ2v) is 8.72. The third-order valence-corrected chi connectivity index (χ3v) is 7.48. The van der Waals surface area contributed by atoms with E-state index in [1.54, 1.807) is 24.3 Å². The van der Waals surface area contributed by atoms with Gasteiger partial charge in [0.05, 0.1) is 13.0 Å². The lowest BCUT2D eigenvalue weighted by Crippen LogP contribution is -2.42. The number of methoxy groups -OCH3 is 1. The van der Waals surface area contributed by atoms with Crippen molar-refractivity contribution < 1.29 is 27.9 Å². The van der Waals surface area contributed by atoms with Crippen molar-refractivity contribution in [3.8, 4) is 0 Å². The number of aliphatic carboxylic acids is 1. The molecule has 1 aliphatic heterocycles. The van der Waals surface area contributed by atoms with Gasteiger partial charge in [0.25, 0.3) is 0 Å². The first-order valence-corrected chi connectivity index (χ1v) is 9.94. The Labute approximate surface area is 148 Å². The van der Waals surface area contributed by atoms with Gasteiger partial charge in [-0.1, -0.05) is 18.2 Å². The van der Waals surface area contributed by atoms with Crippen molar-refractivity contribution in [2.75, 3.05) is 20.2 Å². The predicted molar refractivity (Wildman–Crippen MR) is 92.3 cm³/mol. The number of esters is 1. The molecule has 134 valence electrons. The van der Waals surface area contributed by atoms with Crippen LogP contribution in [0.15, 0.2) is 29.2 Å². The number of ether oxygens (including phenoxy) is 1. The van der Waals surface area contributed by atoms with E-state index >= 15 is 0 Å². The second kappa shape index (κ2) is 6.74. The van der Waals surface area contributed by atoms with Gasteiger partial charge in [-0.15, -0.1) is 11.3 Å². The van der Waals surface area contributed by atoms with Gasteiger partial charge in [-0.05, 0) is 18.9 Å². The average molecular weight is 383 g/mol. The highest BCUT2D eigenvalue weighted by Gasteiger charge is 2.37. The SMILES string of the molecule is COC(=O)c1sc2ccccc2c1S(=O)(=O)N1CCCC(C(=O)O)C1. The number of benzene rings is 1. The molecule has 1 aromatic heterocycles. The molecule has 3 rings (SSSR count). The van der Waals surface area contributed by atoms with Crippen LogP contribution in [-0.2, 0) is 19.6 Å². The predicted octanol–water partition coefficient (Wildman–Crippen LogP) is 2.17. The number of hydrogen-bond acceptors (Lipinski definition) is 6. The van der Waals surface area contributed by atoms with Crippen LogP contribution in [0.5, 0.6) is 0 Å². The first-order valence-electron chi connectivity index (χ1n) is 7.69. The summed E-state index contributed by atoms with van der Waals surface area (Å²) in [5.74, 6) is -2.47. The van der Waals surface area contributed by atoms with Crippen LogP contribution in [0, 0.1) is 5.92 Å². The summed E-state index contributed by atoms with van der Waals surface area (Å²) in [6.07, 6.45) is 0.904. The summed E-state index contributed by atoms with van der Waals surface area (Å²) in [6.45, 7) is 0.138. The second-order valence-electron chi connectivity index (χ2n) is 5.79. The van der Waals surface area contributed by atoms with Gasteiger partial charge in [0.15, 0.2) is 0 Å². The van der Waals surface area contributed by atoms with Gasteiger partial charge in [-0.2, -0.15) is 4.31 Å². The van der Waals surface area contributed by atoms with Crippen LogP contribution < -0.4 is 0 Å². The fraction of sp³-hybridized carbons (Fsp3) is 0.375. The topological polar surface area (TPSA) is 101 Å². The Morgan fingerprint density at radius 2 is 2.04 bits per heavy atom. The molecular formula is C16H17NO6S2. The fourth-order valence-corrected chi connectivity index (χ4v) is 6.30. The fourth-order valence-electron chi connectivity index (χ4n) is 3.00. The van der Waals surface area contributed by atoms with E-state index in [1.807, 2.05) is 0 Å². The maximum Gasteiger partial charge on any atom is 0.349 e. The number of carbonyl (C=O) groups is 2. The van der Waals surface area contributed by atoms with Crippen LogP contribution in [-0.4, -0.2) is 50.0 Å². The molecule has 2 heterocycles. The molecule has 1 atom stereocenters. The number of piperidine rings is 1. The maximum absolute atomic E-state index is 13.2. The molecule has 0 aliphatic carbocycles. The Balaban J connectivity index is 2.13. The summed E-state index contributed by atoms with van der Waals surface area (Å²) >= 11 is 1.06. The Kier molecular flexibility index (Phi) is 4.81. The zero-order valence-electron chi connectivity index (χ0n) is 13.5. The molecule has 9 heteroatoms. The molecule has 1 aliphatic rings. The number of thiophene rings is 1. The molecule has 1 saturated heterocycles. The van der Waals surface area contributed by atoms with Crippen LogP contribution in [0.2, 0.25) is 0 Å². The van der Waals surface area contributed by atoms with Crippen molar-refractivity contribution in [2.24, 2.45) is 5.92 Å². The molecule has 1 aromatic carbocycles.